The first kappa shape index (κ1) is 12.2. The average Bonchev–Trinajstić information content (AvgIpc) is 2.85. The van der Waals surface area contributed by atoms with Crippen molar-refractivity contribution >= 4 is 21.9 Å². The van der Waals surface area contributed by atoms with Crippen LogP contribution in [0.1, 0.15) is 11.1 Å². The molecule has 102 valence electrons. The summed E-state index contributed by atoms with van der Waals surface area (Å²) in [5, 5.41) is 2.39. The molecule has 3 aromatic carbocycles. The molecule has 0 aliphatic heterocycles. The Morgan fingerprint density at radius 3 is 2.14 bits per heavy atom. The molecule has 0 saturated carbocycles. The summed E-state index contributed by atoms with van der Waals surface area (Å²) in [6.07, 6.45) is 0. The SMILES string of the molecule is Cc1cc2oc3cc(-c4ccccc4)ccc3c2cc1C. The normalized spacial score (nSPS) is 11.3. The lowest BCUT2D eigenvalue weighted by atomic mass is 10.0. The van der Waals surface area contributed by atoms with Crippen molar-refractivity contribution in [2.24, 2.45) is 0 Å². The molecular formula is C20H16O. The zero-order chi connectivity index (χ0) is 14.4. The second-order valence-electron chi connectivity index (χ2n) is 5.61. The van der Waals surface area contributed by atoms with Crippen LogP contribution in [0.2, 0.25) is 0 Å². The molecule has 0 unspecified atom stereocenters. The highest BCUT2D eigenvalue weighted by Crippen LogP contribution is 2.33. The van der Waals surface area contributed by atoms with Gasteiger partial charge in [0.2, 0.25) is 0 Å². The van der Waals surface area contributed by atoms with Crippen LogP contribution in [0.25, 0.3) is 33.1 Å². The molecule has 1 nitrogen and oxygen atoms in total. The molecule has 0 amide bonds. The minimum atomic E-state index is 0.955. The number of furan rings is 1. The monoisotopic (exact) mass is 272 g/mol. The molecule has 1 aromatic heterocycles. The van der Waals surface area contributed by atoms with Crippen LogP contribution in [0.3, 0.4) is 0 Å². The summed E-state index contributed by atoms with van der Waals surface area (Å²) in [6.45, 7) is 4.27. The van der Waals surface area contributed by atoms with E-state index in [-0.39, 0.29) is 0 Å². The van der Waals surface area contributed by atoms with Crippen LogP contribution in [0.5, 0.6) is 0 Å². The van der Waals surface area contributed by atoms with Gasteiger partial charge in [-0.25, -0.2) is 0 Å². The third kappa shape index (κ3) is 1.93. The molecule has 4 aromatic rings. The van der Waals surface area contributed by atoms with Gasteiger partial charge in [-0.15, -0.1) is 0 Å². The van der Waals surface area contributed by atoms with Crippen LogP contribution in [0, 0.1) is 13.8 Å². The van der Waals surface area contributed by atoms with Gasteiger partial charge < -0.3 is 4.42 Å². The van der Waals surface area contributed by atoms with Gasteiger partial charge in [0.05, 0.1) is 0 Å². The highest BCUT2D eigenvalue weighted by Gasteiger charge is 2.09. The van der Waals surface area contributed by atoms with E-state index >= 15 is 0 Å². The Bertz CT molecular complexity index is 946. The van der Waals surface area contributed by atoms with Crippen molar-refractivity contribution in [2.45, 2.75) is 13.8 Å². The number of hydrogen-bond acceptors (Lipinski definition) is 1. The Morgan fingerprint density at radius 2 is 1.33 bits per heavy atom. The van der Waals surface area contributed by atoms with Crippen LogP contribution in [0.15, 0.2) is 65.1 Å². The standard InChI is InChI=1S/C20H16O/c1-13-10-18-17-9-8-16(15-6-4-3-5-7-15)12-20(17)21-19(18)11-14(13)2/h3-12H,1-2H3. The second kappa shape index (κ2) is 4.49. The fourth-order valence-electron chi connectivity index (χ4n) is 2.84. The van der Waals surface area contributed by atoms with E-state index in [0.29, 0.717) is 0 Å². The zero-order valence-electron chi connectivity index (χ0n) is 12.2. The number of aryl methyl sites for hydroxylation is 2. The van der Waals surface area contributed by atoms with Crippen molar-refractivity contribution in [3.63, 3.8) is 0 Å². The Morgan fingerprint density at radius 1 is 0.619 bits per heavy atom. The lowest BCUT2D eigenvalue weighted by molar-refractivity contribution is 0.668. The van der Waals surface area contributed by atoms with Gasteiger partial charge in [0.25, 0.3) is 0 Å². The number of hydrogen-bond donors (Lipinski definition) is 0. The van der Waals surface area contributed by atoms with Crippen molar-refractivity contribution < 1.29 is 4.42 Å². The molecule has 21 heavy (non-hydrogen) atoms. The van der Waals surface area contributed by atoms with Crippen LogP contribution in [-0.2, 0) is 0 Å². The Labute approximate surface area is 123 Å². The predicted molar refractivity (Wildman–Crippen MR) is 88.6 cm³/mol. The van der Waals surface area contributed by atoms with Crippen LogP contribution < -0.4 is 0 Å². The lowest BCUT2D eigenvalue weighted by Crippen LogP contribution is -1.79. The van der Waals surface area contributed by atoms with Crippen molar-refractivity contribution in [3.05, 3.63) is 71.8 Å². The minimum absolute atomic E-state index is 0.955. The molecule has 1 heteroatoms. The van der Waals surface area contributed by atoms with E-state index in [1.165, 1.54) is 33.0 Å². The van der Waals surface area contributed by atoms with E-state index in [4.69, 9.17) is 4.42 Å². The molecule has 4 rings (SSSR count). The topological polar surface area (TPSA) is 13.1 Å². The maximum absolute atomic E-state index is 6.05. The largest absolute Gasteiger partial charge is 0.456 e. The molecule has 0 radical (unpaired) electrons. The molecule has 0 spiro atoms. The van der Waals surface area contributed by atoms with Gasteiger partial charge in [-0.1, -0.05) is 36.4 Å². The van der Waals surface area contributed by atoms with E-state index in [2.05, 4.69) is 68.4 Å². The number of rotatable bonds is 1. The van der Waals surface area contributed by atoms with Crippen LogP contribution >= 0.6 is 0 Å². The summed E-state index contributed by atoms with van der Waals surface area (Å²) in [7, 11) is 0. The van der Waals surface area contributed by atoms with E-state index in [0.717, 1.165) is 11.2 Å². The van der Waals surface area contributed by atoms with Crippen molar-refractivity contribution in [3.8, 4) is 11.1 Å². The van der Waals surface area contributed by atoms with Crippen molar-refractivity contribution in [1.29, 1.82) is 0 Å². The Balaban J connectivity index is 1.99. The van der Waals surface area contributed by atoms with Gasteiger partial charge in [-0.3, -0.25) is 0 Å². The highest BCUT2D eigenvalue weighted by atomic mass is 16.3. The van der Waals surface area contributed by atoms with Crippen LogP contribution in [0.4, 0.5) is 0 Å². The molecule has 0 saturated heterocycles. The van der Waals surface area contributed by atoms with E-state index in [1.807, 2.05) is 6.07 Å². The summed E-state index contributed by atoms with van der Waals surface area (Å²) < 4.78 is 6.05. The molecule has 0 bridgehead atoms. The zero-order valence-corrected chi connectivity index (χ0v) is 12.2. The molecule has 0 atom stereocenters. The predicted octanol–water partition coefficient (Wildman–Crippen LogP) is 5.87. The first-order valence-electron chi connectivity index (χ1n) is 7.21. The van der Waals surface area contributed by atoms with E-state index in [1.54, 1.807) is 0 Å². The van der Waals surface area contributed by atoms with Gasteiger partial charge in [0, 0.05) is 10.8 Å². The Hall–Kier alpha value is -2.54. The molecule has 0 aliphatic carbocycles. The first-order chi connectivity index (χ1) is 10.2. The quantitative estimate of drug-likeness (QED) is 0.422. The molecular weight excluding hydrogens is 256 g/mol. The van der Waals surface area contributed by atoms with Crippen molar-refractivity contribution in [1.82, 2.24) is 0 Å². The summed E-state index contributed by atoms with van der Waals surface area (Å²) in [6, 6.07) is 21.2. The van der Waals surface area contributed by atoms with E-state index in [9.17, 15) is 0 Å². The Kier molecular flexibility index (Phi) is 2.61. The molecule has 0 fully saturated rings. The molecule has 0 N–H and O–H groups in total. The van der Waals surface area contributed by atoms with Gasteiger partial charge in [0.15, 0.2) is 0 Å². The van der Waals surface area contributed by atoms with Gasteiger partial charge in [0.1, 0.15) is 11.2 Å². The summed E-state index contributed by atoms with van der Waals surface area (Å²) >= 11 is 0. The third-order valence-corrected chi connectivity index (χ3v) is 4.19. The summed E-state index contributed by atoms with van der Waals surface area (Å²) in [5.74, 6) is 0. The summed E-state index contributed by atoms with van der Waals surface area (Å²) in [4.78, 5) is 0. The molecule has 1 heterocycles. The molecule has 0 aliphatic rings. The minimum Gasteiger partial charge on any atom is -0.456 e. The van der Waals surface area contributed by atoms with Gasteiger partial charge in [-0.2, -0.15) is 0 Å². The third-order valence-electron chi connectivity index (χ3n) is 4.19. The fraction of sp³-hybridized carbons (Fsp3) is 0.100. The average molecular weight is 272 g/mol. The van der Waals surface area contributed by atoms with Gasteiger partial charge in [-0.05, 0) is 60.4 Å². The maximum Gasteiger partial charge on any atom is 0.136 e. The second-order valence-corrected chi connectivity index (χ2v) is 5.61. The number of benzene rings is 3. The first-order valence-corrected chi connectivity index (χ1v) is 7.21. The number of fused-ring (bicyclic) bond motifs is 3. The fourth-order valence-corrected chi connectivity index (χ4v) is 2.84. The van der Waals surface area contributed by atoms with Crippen LogP contribution in [-0.4, -0.2) is 0 Å². The lowest BCUT2D eigenvalue weighted by Gasteiger charge is -2.01. The maximum atomic E-state index is 6.05. The van der Waals surface area contributed by atoms with E-state index < -0.39 is 0 Å². The highest BCUT2D eigenvalue weighted by molar-refractivity contribution is 6.06. The van der Waals surface area contributed by atoms with Crippen molar-refractivity contribution in [2.75, 3.05) is 0 Å². The smallest absolute Gasteiger partial charge is 0.136 e. The van der Waals surface area contributed by atoms with Gasteiger partial charge >= 0.3 is 0 Å². The summed E-state index contributed by atoms with van der Waals surface area (Å²) in [5.41, 5.74) is 6.90.